The van der Waals surface area contributed by atoms with Crippen molar-refractivity contribution in [2.45, 2.75) is 6.42 Å². The molecule has 8 nitrogen and oxygen atoms in total. The fraction of sp³-hybridized carbons (Fsp3) is 0.438. The van der Waals surface area contributed by atoms with Crippen molar-refractivity contribution in [1.82, 2.24) is 15.4 Å². The van der Waals surface area contributed by atoms with E-state index in [1.165, 1.54) is 0 Å². The maximum Gasteiger partial charge on any atom is 0.328 e. The van der Waals surface area contributed by atoms with E-state index in [1.807, 2.05) is 12.1 Å². The molecule has 2 aliphatic heterocycles. The lowest BCUT2D eigenvalue weighted by Crippen LogP contribution is -2.49. The summed E-state index contributed by atoms with van der Waals surface area (Å²) < 4.78 is 5.49. The highest BCUT2D eigenvalue weighted by Gasteiger charge is 2.26. The second kappa shape index (κ2) is 5.79. The van der Waals surface area contributed by atoms with Gasteiger partial charge < -0.3 is 14.3 Å². The lowest BCUT2D eigenvalue weighted by atomic mass is 10.2. The Morgan fingerprint density at radius 3 is 2.67 bits per heavy atom. The van der Waals surface area contributed by atoms with Crippen molar-refractivity contribution in [3.05, 3.63) is 18.2 Å². The first-order valence-electron chi connectivity index (χ1n) is 8.06. The smallest absolute Gasteiger partial charge is 0.328 e. The summed E-state index contributed by atoms with van der Waals surface area (Å²) in [5, 5.41) is 7.49. The van der Waals surface area contributed by atoms with Gasteiger partial charge in [-0.1, -0.05) is 5.16 Å². The van der Waals surface area contributed by atoms with E-state index in [9.17, 15) is 9.59 Å². The highest BCUT2D eigenvalue weighted by molar-refractivity contribution is 6.06. The van der Waals surface area contributed by atoms with Crippen molar-refractivity contribution in [2.75, 3.05) is 49.6 Å². The van der Waals surface area contributed by atoms with Gasteiger partial charge in [0.1, 0.15) is 0 Å². The molecule has 1 aromatic carbocycles. The Bertz CT molecular complexity index is 794. The number of benzene rings is 1. The van der Waals surface area contributed by atoms with Gasteiger partial charge in [-0.2, -0.15) is 0 Å². The van der Waals surface area contributed by atoms with Gasteiger partial charge >= 0.3 is 6.03 Å². The molecular weight excluding hydrogens is 310 g/mol. The second-order valence-corrected chi connectivity index (χ2v) is 6.23. The molecule has 2 aromatic rings. The molecule has 1 N–H and O–H groups in total. The summed E-state index contributed by atoms with van der Waals surface area (Å²) in [4.78, 5) is 29.3. The van der Waals surface area contributed by atoms with E-state index in [-0.39, 0.29) is 5.91 Å². The zero-order valence-electron chi connectivity index (χ0n) is 13.5. The third kappa shape index (κ3) is 2.58. The number of anilines is 2. The first-order chi connectivity index (χ1) is 11.6. The van der Waals surface area contributed by atoms with Crippen LogP contribution in [0.25, 0.3) is 11.0 Å². The maximum absolute atomic E-state index is 12.0. The quantitative estimate of drug-likeness (QED) is 0.886. The van der Waals surface area contributed by atoms with Gasteiger partial charge in [-0.25, -0.2) is 4.79 Å². The number of rotatable bonds is 2. The number of aromatic nitrogens is 1. The number of hydrogen-bond acceptors (Lipinski definition) is 6. The number of fused-ring (bicyclic) bond motifs is 1. The van der Waals surface area contributed by atoms with Gasteiger partial charge in [0.25, 0.3) is 0 Å². The molecule has 126 valence electrons. The lowest BCUT2D eigenvalue weighted by molar-refractivity contribution is -0.120. The van der Waals surface area contributed by atoms with Gasteiger partial charge in [-0.05, 0) is 19.2 Å². The van der Waals surface area contributed by atoms with Crippen LogP contribution in [0.3, 0.4) is 0 Å². The molecule has 1 aromatic heterocycles. The normalized spacial score (nSPS) is 19.9. The van der Waals surface area contributed by atoms with E-state index in [0.29, 0.717) is 24.2 Å². The minimum Gasteiger partial charge on any atom is -0.354 e. The molecule has 0 radical (unpaired) electrons. The lowest BCUT2D eigenvalue weighted by Gasteiger charge is -2.32. The third-order valence-electron chi connectivity index (χ3n) is 4.61. The molecule has 0 bridgehead atoms. The summed E-state index contributed by atoms with van der Waals surface area (Å²) in [7, 11) is 2.11. The fourth-order valence-electron chi connectivity index (χ4n) is 3.14. The SMILES string of the molecule is CN1CCN(c2noc3cc(N4CCC(=O)NC4=O)ccc23)CC1. The Hall–Kier alpha value is -2.61. The number of nitrogens with one attached hydrogen (secondary N) is 1. The van der Waals surface area contributed by atoms with E-state index in [0.717, 1.165) is 37.4 Å². The van der Waals surface area contributed by atoms with Gasteiger partial charge in [-0.3, -0.25) is 15.0 Å². The number of nitrogens with zero attached hydrogens (tertiary/aromatic N) is 4. The first-order valence-corrected chi connectivity index (χ1v) is 8.06. The topological polar surface area (TPSA) is 81.9 Å². The van der Waals surface area contributed by atoms with Crippen molar-refractivity contribution in [2.24, 2.45) is 0 Å². The van der Waals surface area contributed by atoms with Gasteiger partial charge in [0.2, 0.25) is 5.91 Å². The van der Waals surface area contributed by atoms with Gasteiger partial charge in [0, 0.05) is 50.9 Å². The number of piperazine rings is 1. The fourth-order valence-corrected chi connectivity index (χ4v) is 3.14. The van der Waals surface area contributed by atoms with Crippen LogP contribution in [-0.4, -0.2) is 61.8 Å². The maximum atomic E-state index is 12.0. The third-order valence-corrected chi connectivity index (χ3v) is 4.61. The number of imide groups is 1. The number of amides is 3. The molecule has 0 spiro atoms. The highest BCUT2D eigenvalue weighted by atomic mass is 16.5. The summed E-state index contributed by atoms with van der Waals surface area (Å²) in [5.41, 5.74) is 1.35. The molecule has 8 heteroatoms. The van der Waals surface area contributed by atoms with Crippen LogP contribution in [0.4, 0.5) is 16.3 Å². The number of likely N-dealkylation sites (N-methyl/N-ethyl adjacent to an activating group) is 1. The summed E-state index contributed by atoms with van der Waals surface area (Å²) in [6.07, 6.45) is 0.298. The largest absolute Gasteiger partial charge is 0.354 e. The standard InChI is InChI=1S/C16H19N5O3/c1-19-6-8-20(9-7-19)15-12-3-2-11(10-13(12)24-18-15)21-5-4-14(22)17-16(21)23/h2-3,10H,4-9H2,1H3,(H,17,22,23). The summed E-state index contributed by atoms with van der Waals surface area (Å²) in [6, 6.07) is 5.20. The van der Waals surface area contributed by atoms with E-state index < -0.39 is 6.03 Å². The van der Waals surface area contributed by atoms with Gasteiger partial charge in [0.15, 0.2) is 11.4 Å². The van der Waals surface area contributed by atoms with Crippen molar-refractivity contribution in [3.8, 4) is 0 Å². The van der Waals surface area contributed by atoms with E-state index in [4.69, 9.17) is 4.52 Å². The van der Waals surface area contributed by atoms with Crippen LogP contribution in [-0.2, 0) is 4.79 Å². The molecule has 2 fully saturated rings. The van der Waals surface area contributed by atoms with Crippen LogP contribution in [0.2, 0.25) is 0 Å². The molecule has 0 saturated carbocycles. The monoisotopic (exact) mass is 329 g/mol. The Labute approximate surface area is 139 Å². The molecule has 2 saturated heterocycles. The summed E-state index contributed by atoms with van der Waals surface area (Å²) >= 11 is 0. The van der Waals surface area contributed by atoms with Crippen LogP contribution in [0.15, 0.2) is 22.7 Å². The molecule has 0 aliphatic carbocycles. The summed E-state index contributed by atoms with van der Waals surface area (Å²) in [5.74, 6) is 0.609. The number of hydrogen-bond donors (Lipinski definition) is 1. The van der Waals surface area contributed by atoms with Crippen LogP contribution in [0.1, 0.15) is 6.42 Å². The van der Waals surface area contributed by atoms with Crippen LogP contribution in [0, 0.1) is 0 Å². The Morgan fingerprint density at radius 2 is 1.92 bits per heavy atom. The Kier molecular flexibility index (Phi) is 3.61. The van der Waals surface area contributed by atoms with Crippen molar-refractivity contribution >= 4 is 34.4 Å². The zero-order chi connectivity index (χ0) is 16.7. The van der Waals surface area contributed by atoms with Gasteiger partial charge in [0.05, 0.1) is 5.39 Å². The van der Waals surface area contributed by atoms with Crippen molar-refractivity contribution < 1.29 is 14.1 Å². The predicted octanol–water partition coefficient (Wildman–Crippen LogP) is 1.03. The predicted molar refractivity (Wildman–Crippen MR) is 89.2 cm³/mol. The molecule has 3 heterocycles. The molecule has 0 unspecified atom stereocenters. The molecule has 0 atom stereocenters. The number of carbonyl (C=O) groups is 2. The molecular formula is C16H19N5O3. The van der Waals surface area contributed by atoms with Crippen molar-refractivity contribution in [1.29, 1.82) is 0 Å². The second-order valence-electron chi connectivity index (χ2n) is 6.23. The van der Waals surface area contributed by atoms with E-state index in [2.05, 4.69) is 27.3 Å². The zero-order valence-corrected chi connectivity index (χ0v) is 13.5. The molecule has 4 rings (SSSR count). The average molecular weight is 329 g/mol. The van der Waals surface area contributed by atoms with Gasteiger partial charge in [-0.15, -0.1) is 0 Å². The van der Waals surface area contributed by atoms with Crippen LogP contribution in [0.5, 0.6) is 0 Å². The minimum absolute atomic E-state index is 0.241. The number of urea groups is 1. The van der Waals surface area contributed by atoms with Crippen molar-refractivity contribution in [3.63, 3.8) is 0 Å². The highest BCUT2D eigenvalue weighted by Crippen LogP contribution is 2.30. The Morgan fingerprint density at radius 1 is 1.12 bits per heavy atom. The molecule has 24 heavy (non-hydrogen) atoms. The van der Waals surface area contributed by atoms with E-state index in [1.54, 1.807) is 11.0 Å². The Balaban J connectivity index is 1.61. The molecule has 2 aliphatic rings. The summed E-state index contributed by atoms with van der Waals surface area (Å²) in [6.45, 7) is 4.19. The molecule has 3 amide bonds. The minimum atomic E-state index is -0.399. The van der Waals surface area contributed by atoms with Crippen LogP contribution < -0.4 is 15.1 Å². The van der Waals surface area contributed by atoms with Crippen LogP contribution >= 0.6 is 0 Å². The number of carbonyl (C=O) groups excluding carboxylic acids is 2. The first kappa shape index (κ1) is 14.9. The van der Waals surface area contributed by atoms with E-state index >= 15 is 0 Å². The average Bonchev–Trinajstić information content (AvgIpc) is 2.99.